The topological polar surface area (TPSA) is 203 Å². The number of benzene rings is 4. The third-order valence-electron chi connectivity index (χ3n) is 7.88. The number of aliphatic hydroxyl groups excluding tert-OH is 1. The van der Waals surface area contributed by atoms with E-state index in [9.17, 15) is 4.79 Å². The van der Waals surface area contributed by atoms with E-state index in [-0.39, 0.29) is 13.2 Å². The first-order valence-electron chi connectivity index (χ1n) is 17.3. The zero-order valence-corrected chi connectivity index (χ0v) is 34.8. The van der Waals surface area contributed by atoms with Crippen molar-refractivity contribution in [3.63, 3.8) is 0 Å². The largest absolute Gasteiger partial charge is 0.491 e. The summed E-state index contributed by atoms with van der Waals surface area (Å²) in [5.41, 5.74) is 3.80. The summed E-state index contributed by atoms with van der Waals surface area (Å²) in [5.74, 6) is 0.755. The van der Waals surface area contributed by atoms with E-state index in [2.05, 4.69) is 51.0 Å². The lowest BCUT2D eigenvalue weighted by Gasteiger charge is -2.07. The Kier molecular flexibility index (Phi) is 13.7. The Morgan fingerprint density at radius 3 is 1.54 bits per heavy atom. The molecule has 0 aliphatic heterocycles. The van der Waals surface area contributed by atoms with Crippen molar-refractivity contribution < 1.29 is 24.5 Å². The molecule has 0 aliphatic rings. The van der Waals surface area contributed by atoms with Crippen molar-refractivity contribution >= 4 is 107 Å². The van der Waals surface area contributed by atoms with Crippen LogP contribution in [-0.4, -0.2) is 76.3 Å². The molecule has 8 aromatic rings. The van der Waals surface area contributed by atoms with Crippen molar-refractivity contribution in [2.75, 3.05) is 30.5 Å². The van der Waals surface area contributed by atoms with Gasteiger partial charge in [0.1, 0.15) is 28.1 Å². The Morgan fingerprint density at radius 1 is 0.644 bits per heavy atom. The van der Waals surface area contributed by atoms with Gasteiger partial charge in [0, 0.05) is 23.3 Å². The lowest BCUT2D eigenvalue weighted by atomic mass is 10.1. The lowest BCUT2D eigenvalue weighted by Crippen LogP contribution is -2.09. The molecule has 4 aromatic carbocycles. The summed E-state index contributed by atoms with van der Waals surface area (Å²) in [6.07, 6.45) is 3.01. The number of anilines is 2. The van der Waals surface area contributed by atoms with Crippen molar-refractivity contribution in [3.8, 4) is 34.0 Å². The molecule has 21 heteroatoms. The molecule has 4 aromatic heterocycles. The Morgan fingerprint density at radius 2 is 1.10 bits per heavy atom. The van der Waals surface area contributed by atoms with Crippen molar-refractivity contribution in [2.24, 2.45) is 0 Å². The Bertz CT molecular complexity index is 2720. The highest BCUT2D eigenvalue weighted by molar-refractivity contribution is 7.18. The van der Waals surface area contributed by atoms with Crippen molar-refractivity contribution in [1.82, 2.24) is 40.3 Å². The predicted molar refractivity (Wildman–Crippen MR) is 230 cm³/mol. The number of carbonyl (C=O) groups is 1. The molecule has 0 unspecified atom stereocenters. The second kappa shape index (κ2) is 19.5. The van der Waals surface area contributed by atoms with Crippen LogP contribution in [-0.2, 0) is 17.9 Å². The molecular formula is C38H28Cl4N10O5S2. The highest BCUT2D eigenvalue weighted by Crippen LogP contribution is 2.35. The number of aliphatic hydroxyl groups is 1. The van der Waals surface area contributed by atoms with Crippen LogP contribution in [0.25, 0.3) is 42.9 Å². The first-order valence-corrected chi connectivity index (χ1v) is 20.4. The molecule has 0 bridgehead atoms. The Hall–Kier alpha value is -5.53. The van der Waals surface area contributed by atoms with E-state index in [4.69, 9.17) is 66.1 Å². The molecule has 0 atom stereocenters. The SMILES string of the molecule is O=C(O)COc1ccc2sc(CNc3nncc(-c4c(Cl)cccc4Cl)n3)nc2c1.OCCOc1ccc2sc(CNc3nncc(-c4c(Cl)cccc4Cl)n3)nc2c1. The molecular weight excluding hydrogens is 882 g/mol. The van der Waals surface area contributed by atoms with Crippen molar-refractivity contribution in [3.05, 3.63) is 115 Å². The summed E-state index contributed by atoms with van der Waals surface area (Å²) >= 11 is 28.0. The molecule has 0 aliphatic carbocycles. The Labute approximate surface area is 363 Å². The number of rotatable bonds is 14. The van der Waals surface area contributed by atoms with Gasteiger partial charge in [0.15, 0.2) is 6.61 Å². The van der Waals surface area contributed by atoms with Gasteiger partial charge in [-0.3, -0.25) is 0 Å². The third kappa shape index (κ3) is 10.8. The fourth-order valence-corrected chi connectivity index (χ4v) is 8.30. The van der Waals surface area contributed by atoms with Gasteiger partial charge >= 0.3 is 5.97 Å². The maximum atomic E-state index is 10.6. The molecule has 4 heterocycles. The molecule has 0 radical (unpaired) electrons. The molecule has 15 nitrogen and oxygen atoms in total. The monoisotopic (exact) mass is 908 g/mol. The van der Waals surface area contributed by atoms with E-state index < -0.39 is 12.6 Å². The zero-order chi connectivity index (χ0) is 41.3. The number of nitrogens with zero attached hydrogens (tertiary/aromatic N) is 8. The molecule has 0 saturated carbocycles. The predicted octanol–water partition coefficient (Wildman–Crippen LogP) is 8.97. The molecule has 4 N–H and O–H groups in total. The van der Waals surface area contributed by atoms with Gasteiger partial charge in [-0.25, -0.2) is 24.7 Å². The van der Waals surface area contributed by atoms with Gasteiger partial charge in [0.05, 0.1) is 84.0 Å². The minimum atomic E-state index is -1.04. The minimum Gasteiger partial charge on any atom is -0.491 e. The zero-order valence-electron chi connectivity index (χ0n) is 30.1. The summed E-state index contributed by atoms with van der Waals surface area (Å²) in [6, 6.07) is 21.4. The van der Waals surface area contributed by atoms with Gasteiger partial charge < -0.3 is 30.3 Å². The van der Waals surface area contributed by atoms with Crippen LogP contribution in [0.2, 0.25) is 20.1 Å². The van der Waals surface area contributed by atoms with Crippen LogP contribution in [0.15, 0.2) is 85.2 Å². The summed E-state index contributed by atoms with van der Waals surface area (Å²) in [4.78, 5) is 28.7. The lowest BCUT2D eigenvalue weighted by molar-refractivity contribution is -0.139. The average Bonchev–Trinajstić information content (AvgIpc) is 3.84. The van der Waals surface area contributed by atoms with Gasteiger partial charge in [0.2, 0.25) is 11.9 Å². The normalized spacial score (nSPS) is 10.9. The fourth-order valence-electron chi connectivity index (χ4n) is 5.34. The number of aromatic nitrogens is 8. The van der Waals surface area contributed by atoms with Crippen LogP contribution in [0.5, 0.6) is 11.5 Å². The minimum absolute atomic E-state index is 0.0310. The number of carboxylic acids is 1. The quantitative estimate of drug-likeness (QED) is 0.0804. The van der Waals surface area contributed by atoms with Gasteiger partial charge in [-0.15, -0.1) is 32.9 Å². The second-order valence-electron chi connectivity index (χ2n) is 12.0. The number of hydrogen-bond acceptors (Lipinski definition) is 16. The summed E-state index contributed by atoms with van der Waals surface area (Å²) in [5, 5.41) is 43.4. The number of hydrogen-bond donors (Lipinski definition) is 4. The highest BCUT2D eigenvalue weighted by Gasteiger charge is 2.14. The maximum Gasteiger partial charge on any atom is 0.341 e. The fraction of sp³-hybridized carbons (Fsp3) is 0.132. The van der Waals surface area contributed by atoms with E-state index in [1.807, 2.05) is 24.3 Å². The van der Waals surface area contributed by atoms with Crippen molar-refractivity contribution in [2.45, 2.75) is 13.1 Å². The molecule has 0 saturated heterocycles. The first-order chi connectivity index (χ1) is 28.6. The van der Waals surface area contributed by atoms with Crippen LogP contribution in [0.1, 0.15) is 10.0 Å². The van der Waals surface area contributed by atoms with Crippen LogP contribution in [0, 0.1) is 0 Å². The standard InChI is InChI=1S/C19H13Cl2N5O3S.C19H15Cl2N5O2S/c20-11-2-1-3-12(21)18(11)14-7-23-26-19(25-14)22-8-16-24-13-6-10(29-9-17(27)28)4-5-15(13)30-16;20-12-2-1-3-13(21)18(12)15-9-23-26-19(25-15)22-10-17-24-14-8-11(28-7-6-27)4-5-16(14)29-17/h1-7H,8-9H2,(H,27,28)(H,22,25,26);1-5,8-9,27H,6-7,10H2,(H,22,25,26). The highest BCUT2D eigenvalue weighted by atomic mass is 35.5. The summed E-state index contributed by atoms with van der Waals surface area (Å²) in [6.45, 7) is 0.636. The van der Waals surface area contributed by atoms with Crippen LogP contribution in [0.3, 0.4) is 0 Å². The third-order valence-corrected chi connectivity index (χ3v) is 11.2. The molecule has 300 valence electrons. The molecule has 0 fully saturated rings. The molecule has 0 spiro atoms. The van der Waals surface area contributed by atoms with Crippen LogP contribution >= 0.6 is 69.1 Å². The van der Waals surface area contributed by atoms with Crippen LogP contribution < -0.4 is 20.1 Å². The Balaban J connectivity index is 0.000000179. The van der Waals surface area contributed by atoms with Crippen molar-refractivity contribution in [1.29, 1.82) is 0 Å². The summed E-state index contributed by atoms with van der Waals surface area (Å²) < 4.78 is 12.6. The van der Waals surface area contributed by atoms with Gasteiger partial charge in [0.25, 0.3) is 0 Å². The second-order valence-corrected chi connectivity index (χ2v) is 15.8. The van der Waals surface area contributed by atoms with E-state index in [0.717, 1.165) is 30.4 Å². The number of carboxylic acid groups (broad SMARTS) is 1. The summed E-state index contributed by atoms with van der Waals surface area (Å²) in [7, 11) is 0. The van der Waals surface area contributed by atoms with Gasteiger partial charge in [-0.1, -0.05) is 58.5 Å². The smallest absolute Gasteiger partial charge is 0.341 e. The number of aliphatic carboxylic acids is 1. The number of thiazole rings is 2. The molecule has 8 rings (SSSR count). The molecule has 59 heavy (non-hydrogen) atoms. The average molecular weight is 911 g/mol. The van der Waals surface area contributed by atoms with E-state index >= 15 is 0 Å². The van der Waals surface area contributed by atoms with Gasteiger partial charge in [-0.05, 0) is 48.5 Å². The van der Waals surface area contributed by atoms with Crippen LogP contribution in [0.4, 0.5) is 11.9 Å². The van der Waals surface area contributed by atoms with E-state index in [0.29, 0.717) is 79.1 Å². The number of nitrogens with one attached hydrogen (secondary N) is 2. The number of halogens is 4. The number of fused-ring (bicyclic) bond motifs is 2. The number of ether oxygens (including phenoxy) is 2. The maximum absolute atomic E-state index is 10.6. The first kappa shape index (κ1) is 41.6. The molecule has 0 amide bonds. The van der Waals surface area contributed by atoms with E-state index in [1.165, 1.54) is 23.7 Å². The van der Waals surface area contributed by atoms with Gasteiger partial charge in [-0.2, -0.15) is 10.2 Å². The van der Waals surface area contributed by atoms with E-state index in [1.54, 1.807) is 59.9 Å².